The Morgan fingerprint density at radius 1 is 1.50 bits per heavy atom. The molecule has 0 saturated heterocycles. The average molecular weight is 414 g/mol. The van der Waals surface area contributed by atoms with E-state index >= 15 is 0 Å². The first-order valence-electron chi connectivity index (χ1n) is 7.19. The van der Waals surface area contributed by atoms with Crippen LogP contribution in [0.5, 0.6) is 5.75 Å². The van der Waals surface area contributed by atoms with Crippen molar-refractivity contribution in [1.82, 2.24) is 4.90 Å². The van der Waals surface area contributed by atoms with E-state index < -0.39 is 0 Å². The molecule has 0 atom stereocenters. The van der Waals surface area contributed by atoms with E-state index in [1.54, 1.807) is 0 Å². The number of benzene rings is 1. The normalized spacial score (nSPS) is 15.2. The molecule has 1 aromatic carbocycles. The standard InChI is InChI=1S/C17H23IN2O2/c1-17(2,3)20-10-13-7-14(5-6-15(13)16(20)21)22-11-12(9-19)8-18-4/h5-8H,4,9-11,19H2,1-3H3/b12-8+. The van der Waals surface area contributed by atoms with Crippen LogP contribution in [-0.4, -0.2) is 34.0 Å². The summed E-state index contributed by atoms with van der Waals surface area (Å²) in [5.41, 5.74) is 8.40. The Morgan fingerprint density at radius 2 is 2.23 bits per heavy atom. The SMILES string of the molecule is C=I/C=C(\CN)COc1ccc2c(c1)CN(C(C)(C)C)C2=O. The van der Waals surface area contributed by atoms with Crippen LogP contribution in [-0.2, 0) is 6.54 Å². The van der Waals surface area contributed by atoms with Gasteiger partial charge in [-0.2, -0.15) is 0 Å². The maximum absolute atomic E-state index is 12.4. The van der Waals surface area contributed by atoms with E-state index in [1.807, 2.05) is 43.9 Å². The quantitative estimate of drug-likeness (QED) is 0.754. The predicted molar refractivity (Wildman–Crippen MR) is 99.8 cm³/mol. The van der Waals surface area contributed by atoms with E-state index in [1.165, 1.54) is 0 Å². The maximum atomic E-state index is 12.4. The molecule has 0 fully saturated rings. The zero-order valence-corrected chi connectivity index (χ0v) is 15.5. The Balaban J connectivity index is 2.13. The summed E-state index contributed by atoms with van der Waals surface area (Å²) in [5.74, 6) is 0.877. The fourth-order valence-electron chi connectivity index (χ4n) is 2.35. The molecule has 1 aliphatic rings. The van der Waals surface area contributed by atoms with Crippen LogP contribution in [0.2, 0.25) is 0 Å². The lowest BCUT2D eigenvalue weighted by atomic mass is 10.1. The zero-order chi connectivity index (χ0) is 16.3. The minimum absolute atomic E-state index is 0.0957. The Hall–Kier alpha value is -1.21. The first kappa shape index (κ1) is 17.1. The van der Waals surface area contributed by atoms with Gasteiger partial charge >= 0.3 is 0 Å². The molecule has 0 aromatic heterocycles. The fraction of sp³-hybridized carbons (Fsp3) is 0.412. The number of rotatable bonds is 5. The number of hydrogen-bond donors (Lipinski definition) is 1. The summed E-state index contributed by atoms with van der Waals surface area (Å²) < 4.78 is 11.8. The number of fused-ring (bicyclic) bond motifs is 1. The Morgan fingerprint density at radius 3 is 2.82 bits per heavy atom. The van der Waals surface area contributed by atoms with Gasteiger partial charge in [-0.15, -0.1) is 20.7 Å². The number of ether oxygens (including phenoxy) is 1. The molecule has 5 heteroatoms. The van der Waals surface area contributed by atoms with Gasteiger partial charge in [0, 0.05) is 24.2 Å². The summed E-state index contributed by atoms with van der Waals surface area (Å²) in [7, 11) is 0. The van der Waals surface area contributed by atoms with Crippen molar-refractivity contribution in [3.63, 3.8) is 0 Å². The fourth-order valence-corrected chi connectivity index (χ4v) is 3.41. The van der Waals surface area contributed by atoms with Gasteiger partial charge < -0.3 is 15.4 Å². The second-order valence-corrected chi connectivity index (χ2v) is 7.80. The highest BCUT2D eigenvalue weighted by Crippen LogP contribution is 2.31. The van der Waals surface area contributed by atoms with E-state index in [9.17, 15) is 4.79 Å². The first-order chi connectivity index (χ1) is 10.4. The Kier molecular flexibility index (Phi) is 5.39. The molecule has 1 aromatic rings. The molecule has 2 rings (SSSR count). The molecule has 1 heterocycles. The summed E-state index contributed by atoms with van der Waals surface area (Å²) in [6, 6.07) is 5.68. The minimum Gasteiger partial charge on any atom is -0.489 e. The zero-order valence-electron chi connectivity index (χ0n) is 13.4. The topological polar surface area (TPSA) is 55.6 Å². The highest BCUT2D eigenvalue weighted by molar-refractivity contribution is 14.2. The summed E-state index contributed by atoms with van der Waals surface area (Å²) >= 11 is -0.176. The molecule has 1 amide bonds. The summed E-state index contributed by atoms with van der Waals surface area (Å²) in [5, 5.41) is 0. The molecule has 0 radical (unpaired) electrons. The number of carbonyl (C=O) groups is 1. The molecule has 0 saturated carbocycles. The summed E-state index contributed by atoms with van der Waals surface area (Å²) in [6.07, 6.45) is 0. The van der Waals surface area contributed by atoms with Crippen molar-refractivity contribution in [2.24, 2.45) is 5.73 Å². The van der Waals surface area contributed by atoms with E-state index in [4.69, 9.17) is 10.5 Å². The van der Waals surface area contributed by atoms with Crippen LogP contribution >= 0.6 is 20.7 Å². The van der Waals surface area contributed by atoms with E-state index in [0.717, 1.165) is 22.4 Å². The van der Waals surface area contributed by atoms with Gasteiger partial charge in [0.1, 0.15) is 12.4 Å². The molecule has 22 heavy (non-hydrogen) atoms. The monoisotopic (exact) mass is 414 g/mol. The van der Waals surface area contributed by atoms with Crippen LogP contribution in [0.1, 0.15) is 36.7 Å². The van der Waals surface area contributed by atoms with E-state index in [2.05, 4.69) is 8.60 Å². The van der Waals surface area contributed by atoms with Gasteiger partial charge in [-0.25, -0.2) is 0 Å². The van der Waals surface area contributed by atoms with E-state index in [0.29, 0.717) is 19.7 Å². The molecule has 0 bridgehead atoms. The third kappa shape index (κ3) is 3.76. The van der Waals surface area contributed by atoms with Crippen molar-refractivity contribution in [2.75, 3.05) is 13.2 Å². The molecule has 2 N–H and O–H groups in total. The highest BCUT2D eigenvalue weighted by atomic mass is 127. The number of amides is 1. The van der Waals surface area contributed by atoms with Crippen LogP contribution in [0.3, 0.4) is 0 Å². The van der Waals surface area contributed by atoms with Gasteiger partial charge in [-0.05, 0) is 54.2 Å². The maximum Gasteiger partial charge on any atom is 0.254 e. The van der Waals surface area contributed by atoms with Gasteiger partial charge in [0.25, 0.3) is 5.91 Å². The lowest BCUT2D eigenvalue weighted by molar-refractivity contribution is 0.0609. The first-order valence-corrected chi connectivity index (χ1v) is 9.96. The predicted octanol–water partition coefficient (Wildman–Crippen LogP) is 3.07. The van der Waals surface area contributed by atoms with Gasteiger partial charge in [-0.1, -0.05) is 4.51 Å². The van der Waals surface area contributed by atoms with Crippen LogP contribution in [0.4, 0.5) is 0 Å². The second-order valence-electron chi connectivity index (χ2n) is 6.30. The van der Waals surface area contributed by atoms with Crippen molar-refractivity contribution in [2.45, 2.75) is 32.9 Å². The molecule has 0 aliphatic carbocycles. The number of nitrogens with zero attached hydrogens (tertiary/aromatic N) is 1. The van der Waals surface area contributed by atoms with Crippen molar-refractivity contribution in [3.05, 3.63) is 39.0 Å². The number of hydrogen-bond acceptors (Lipinski definition) is 3. The van der Waals surface area contributed by atoms with Gasteiger partial charge in [-0.3, -0.25) is 4.79 Å². The molecule has 4 nitrogen and oxygen atoms in total. The third-order valence-electron chi connectivity index (χ3n) is 3.61. The highest BCUT2D eigenvalue weighted by Gasteiger charge is 2.34. The Bertz CT molecular complexity index is 618. The number of carbonyl (C=O) groups excluding carboxylic acids is 1. The smallest absolute Gasteiger partial charge is 0.254 e. The second kappa shape index (κ2) is 6.91. The largest absolute Gasteiger partial charge is 0.489 e. The number of nitrogens with two attached hydrogens (primary N) is 1. The van der Waals surface area contributed by atoms with Crippen LogP contribution in [0.15, 0.2) is 27.9 Å². The lowest BCUT2D eigenvalue weighted by Crippen LogP contribution is -2.41. The average Bonchev–Trinajstić information content (AvgIpc) is 2.80. The summed E-state index contributed by atoms with van der Waals surface area (Å²) in [6.45, 7) is 7.77. The third-order valence-corrected chi connectivity index (χ3v) is 4.93. The molecular formula is C17H23IN2O2. The van der Waals surface area contributed by atoms with Crippen molar-refractivity contribution in [3.8, 4) is 5.75 Å². The van der Waals surface area contributed by atoms with Crippen molar-refractivity contribution >= 4 is 31.2 Å². The molecule has 1 aliphatic heterocycles. The van der Waals surface area contributed by atoms with Gasteiger partial charge in [0.05, 0.1) is 0 Å². The Labute approximate surface area is 142 Å². The minimum atomic E-state index is -0.176. The van der Waals surface area contributed by atoms with Gasteiger partial charge in [0.2, 0.25) is 0 Å². The van der Waals surface area contributed by atoms with Gasteiger partial charge in [0.15, 0.2) is 0 Å². The lowest BCUT2D eigenvalue weighted by Gasteiger charge is -2.31. The van der Waals surface area contributed by atoms with Crippen LogP contribution in [0, 0.1) is 0 Å². The van der Waals surface area contributed by atoms with E-state index in [-0.39, 0.29) is 32.2 Å². The molecule has 120 valence electrons. The molecule has 0 unspecified atom stereocenters. The summed E-state index contributed by atoms with van der Waals surface area (Å²) in [4.78, 5) is 14.3. The van der Waals surface area contributed by atoms with Crippen LogP contribution < -0.4 is 10.5 Å². The number of halogens is 1. The van der Waals surface area contributed by atoms with Crippen LogP contribution in [0.25, 0.3) is 0 Å². The molecular weight excluding hydrogens is 391 g/mol. The van der Waals surface area contributed by atoms with Crippen molar-refractivity contribution in [1.29, 1.82) is 0 Å². The van der Waals surface area contributed by atoms with Crippen molar-refractivity contribution < 1.29 is 9.53 Å². The molecule has 0 spiro atoms.